The smallest absolute Gasteiger partial charge is 0.223 e. The number of pyridine rings is 1. The molecule has 178 valence electrons. The largest absolute Gasteiger partial charge is 0.493 e. The third kappa shape index (κ3) is 5.61. The number of nitrogen functional groups attached to an aromatic ring is 1. The van der Waals surface area contributed by atoms with Crippen molar-refractivity contribution < 1.29 is 9.13 Å². The first-order valence-corrected chi connectivity index (χ1v) is 11.0. The van der Waals surface area contributed by atoms with Crippen LogP contribution >= 0.6 is 12.8 Å². The van der Waals surface area contributed by atoms with Gasteiger partial charge in [-0.2, -0.15) is 0 Å². The molecule has 0 radical (unpaired) electrons. The molecule has 0 saturated heterocycles. The molecule has 6 N–H and O–H groups in total. The maximum absolute atomic E-state index is 13.4. The molecule has 1 aromatic carbocycles. The zero-order chi connectivity index (χ0) is 24.7. The van der Waals surface area contributed by atoms with Crippen molar-refractivity contribution in [1.82, 2.24) is 24.9 Å². The monoisotopic (exact) mass is 482 g/mol. The van der Waals surface area contributed by atoms with Gasteiger partial charge >= 0.3 is 0 Å². The predicted molar refractivity (Wildman–Crippen MR) is 136 cm³/mol. The van der Waals surface area contributed by atoms with Crippen molar-refractivity contribution >= 4 is 24.6 Å². The van der Waals surface area contributed by atoms with Gasteiger partial charge in [0, 0.05) is 29.6 Å². The van der Waals surface area contributed by atoms with Gasteiger partial charge in [0.1, 0.15) is 17.3 Å². The number of ether oxygens (including phenoxy) is 1. The molecule has 3 heterocycles. The lowest BCUT2D eigenvalue weighted by atomic mass is 10.1. The minimum atomic E-state index is -0.315. The van der Waals surface area contributed by atoms with Gasteiger partial charge in [-0.05, 0) is 49.7 Å². The number of nitrogens with two attached hydrogens (primary N) is 2. The van der Waals surface area contributed by atoms with Crippen LogP contribution in [0.1, 0.15) is 20.3 Å². The number of aromatic nitrogens is 5. The van der Waals surface area contributed by atoms with E-state index in [0.29, 0.717) is 40.2 Å². The van der Waals surface area contributed by atoms with Gasteiger partial charge in [0.15, 0.2) is 11.6 Å². The van der Waals surface area contributed by atoms with Crippen LogP contribution in [0.15, 0.2) is 48.8 Å². The summed E-state index contributed by atoms with van der Waals surface area (Å²) < 4.78 is 18.8. The number of benzene rings is 1. The maximum atomic E-state index is 13.4. The lowest BCUT2D eigenvalue weighted by Gasteiger charge is -2.12. The third-order valence-electron chi connectivity index (χ3n) is 5.10. The average Bonchev–Trinajstić information content (AvgIpc) is 3.31. The number of halogens is 1. The minimum absolute atomic E-state index is 0.229. The Balaban J connectivity index is 0.00000158. The van der Waals surface area contributed by atoms with Crippen molar-refractivity contribution in [1.29, 1.82) is 0 Å². The summed E-state index contributed by atoms with van der Waals surface area (Å²) in [6.45, 7) is 4.15. The van der Waals surface area contributed by atoms with Gasteiger partial charge in [-0.25, -0.2) is 24.3 Å². The first-order chi connectivity index (χ1) is 16.5. The quantitative estimate of drug-likeness (QED) is 0.245. The summed E-state index contributed by atoms with van der Waals surface area (Å²) in [7, 11) is 1.53. The number of methoxy groups -OCH3 is 1. The number of aromatic amines is 1. The minimum Gasteiger partial charge on any atom is -0.493 e. The van der Waals surface area contributed by atoms with E-state index < -0.39 is 0 Å². The van der Waals surface area contributed by atoms with E-state index >= 15 is 0 Å². The Morgan fingerprint density at radius 3 is 2.53 bits per heavy atom. The van der Waals surface area contributed by atoms with Crippen LogP contribution in [0.5, 0.6) is 5.75 Å². The van der Waals surface area contributed by atoms with E-state index in [9.17, 15) is 4.39 Å². The molecule has 0 aliphatic rings. The Morgan fingerprint density at radius 1 is 1.12 bits per heavy atom. The van der Waals surface area contributed by atoms with Gasteiger partial charge in [0.2, 0.25) is 5.95 Å². The fourth-order valence-corrected chi connectivity index (χ4v) is 3.15. The standard InChI is InChI=1S/C23H24FN7O.H3NS/c1-4-13(2)28-23-26-10-9-17(29-23)20-19(15-11-18(32-3)21(25)27-12-15)30-22(31-20)14-5-7-16(24)8-6-14;1-2/h5-13H,4H2,1-3H3,(H2,25,27)(H,30,31)(H,26,28,29);2H,1H2. The van der Waals surface area contributed by atoms with Crippen LogP contribution in [-0.2, 0) is 0 Å². The molecule has 0 aliphatic heterocycles. The summed E-state index contributed by atoms with van der Waals surface area (Å²) in [6.07, 6.45) is 4.26. The Bertz CT molecular complexity index is 1230. The number of hydrogen-bond acceptors (Lipinski definition) is 9. The molecule has 0 saturated carbocycles. The van der Waals surface area contributed by atoms with Crippen LogP contribution in [0.4, 0.5) is 16.2 Å². The summed E-state index contributed by atoms with van der Waals surface area (Å²) >= 11 is 3.03. The molecule has 0 spiro atoms. The van der Waals surface area contributed by atoms with Gasteiger partial charge in [-0.1, -0.05) is 6.92 Å². The zero-order valence-corrected chi connectivity index (χ0v) is 20.0. The van der Waals surface area contributed by atoms with E-state index in [1.807, 2.05) is 0 Å². The van der Waals surface area contributed by atoms with E-state index in [1.165, 1.54) is 19.2 Å². The highest BCUT2D eigenvalue weighted by atomic mass is 32.1. The zero-order valence-electron chi connectivity index (χ0n) is 19.1. The van der Waals surface area contributed by atoms with Gasteiger partial charge in [-0.3, -0.25) is 5.14 Å². The normalized spacial score (nSPS) is 11.4. The summed E-state index contributed by atoms with van der Waals surface area (Å²) in [4.78, 5) is 21.3. The van der Waals surface area contributed by atoms with Crippen molar-refractivity contribution in [2.75, 3.05) is 18.2 Å². The molecule has 9 nitrogen and oxygen atoms in total. The summed E-state index contributed by atoms with van der Waals surface area (Å²) in [6, 6.07) is 9.92. The van der Waals surface area contributed by atoms with Crippen LogP contribution < -0.4 is 20.9 Å². The second kappa shape index (κ2) is 11.4. The highest BCUT2D eigenvalue weighted by molar-refractivity contribution is 7.77. The number of nitrogens with one attached hydrogen (secondary N) is 2. The molecule has 3 aromatic heterocycles. The highest BCUT2D eigenvalue weighted by Crippen LogP contribution is 2.34. The fourth-order valence-electron chi connectivity index (χ4n) is 3.15. The molecule has 4 aromatic rings. The molecular formula is C23H27FN8OS. The number of imidazole rings is 1. The molecular weight excluding hydrogens is 455 g/mol. The van der Waals surface area contributed by atoms with Crippen LogP contribution in [0, 0.1) is 5.82 Å². The predicted octanol–water partition coefficient (Wildman–Crippen LogP) is 4.33. The Kier molecular flexibility index (Phi) is 8.39. The summed E-state index contributed by atoms with van der Waals surface area (Å²) in [5, 5.41) is 7.48. The number of rotatable bonds is 7. The molecule has 11 heteroatoms. The van der Waals surface area contributed by atoms with E-state index in [1.54, 1.807) is 36.7 Å². The third-order valence-corrected chi connectivity index (χ3v) is 5.10. The fraction of sp³-hybridized carbons (Fsp3) is 0.217. The topological polar surface area (TPSA) is 141 Å². The Morgan fingerprint density at radius 2 is 1.85 bits per heavy atom. The number of hydrogen-bond donors (Lipinski definition) is 5. The van der Waals surface area contributed by atoms with Crippen molar-refractivity contribution in [3.8, 4) is 39.8 Å². The van der Waals surface area contributed by atoms with Gasteiger partial charge in [0.05, 0.1) is 18.5 Å². The maximum Gasteiger partial charge on any atom is 0.223 e. The lowest BCUT2D eigenvalue weighted by molar-refractivity contribution is 0.415. The average molecular weight is 483 g/mol. The van der Waals surface area contributed by atoms with Crippen LogP contribution in [0.3, 0.4) is 0 Å². The Hall–Kier alpha value is -3.70. The number of nitrogens with zero attached hydrogens (tertiary/aromatic N) is 4. The summed E-state index contributed by atoms with van der Waals surface area (Å²) in [5.74, 6) is 1.51. The highest BCUT2D eigenvalue weighted by Gasteiger charge is 2.19. The van der Waals surface area contributed by atoms with E-state index in [4.69, 9.17) is 15.5 Å². The molecule has 1 atom stereocenters. The summed E-state index contributed by atoms with van der Waals surface area (Å²) in [5.41, 5.74) is 9.26. The van der Waals surface area contributed by atoms with Crippen LogP contribution in [-0.4, -0.2) is 38.1 Å². The molecule has 0 aliphatic carbocycles. The van der Waals surface area contributed by atoms with Crippen molar-refractivity contribution in [3.63, 3.8) is 0 Å². The van der Waals surface area contributed by atoms with Crippen molar-refractivity contribution in [3.05, 3.63) is 54.6 Å². The first-order valence-electron chi connectivity index (χ1n) is 10.5. The van der Waals surface area contributed by atoms with E-state index in [2.05, 4.69) is 57.1 Å². The van der Waals surface area contributed by atoms with Gasteiger partial charge < -0.3 is 20.8 Å². The SMILES string of the molecule is CCC(C)Nc1nccc(-c2[nH]c(-c3ccc(F)cc3)nc2-c2cnc(N)c(OC)c2)n1.NS. The molecule has 34 heavy (non-hydrogen) atoms. The number of thiol groups is 1. The number of anilines is 2. The van der Waals surface area contributed by atoms with Crippen LogP contribution in [0.2, 0.25) is 0 Å². The molecule has 1 unspecified atom stereocenters. The second-order valence-corrected chi connectivity index (χ2v) is 7.35. The van der Waals surface area contributed by atoms with Crippen molar-refractivity contribution in [2.45, 2.75) is 26.3 Å². The van der Waals surface area contributed by atoms with E-state index in [0.717, 1.165) is 12.0 Å². The second-order valence-electron chi connectivity index (χ2n) is 7.35. The van der Waals surface area contributed by atoms with E-state index in [-0.39, 0.29) is 17.7 Å². The first kappa shape index (κ1) is 24.9. The number of H-pyrrole nitrogens is 1. The van der Waals surface area contributed by atoms with Crippen molar-refractivity contribution in [2.24, 2.45) is 5.14 Å². The van der Waals surface area contributed by atoms with Gasteiger partial charge in [-0.15, -0.1) is 12.8 Å². The Labute approximate surface area is 202 Å². The molecule has 0 amide bonds. The van der Waals surface area contributed by atoms with Crippen LogP contribution in [0.25, 0.3) is 34.0 Å². The van der Waals surface area contributed by atoms with Gasteiger partial charge in [0.25, 0.3) is 0 Å². The lowest BCUT2D eigenvalue weighted by Crippen LogP contribution is -2.15. The molecule has 4 rings (SSSR count). The molecule has 0 fully saturated rings. The molecule has 0 bridgehead atoms.